The van der Waals surface area contributed by atoms with Crippen molar-refractivity contribution in [2.45, 2.75) is 51.9 Å². The molecule has 0 amide bonds. The summed E-state index contributed by atoms with van der Waals surface area (Å²) in [7, 11) is 1.62. The van der Waals surface area contributed by atoms with Gasteiger partial charge in [-0.15, -0.1) is 0 Å². The number of benzene rings is 2. The van der Waals surface area contributed by atoms with Crippen LogP contribution in [0.15, 0.2) is 64.3 Å². The third-order valence-electron chi connectivity index (χ3n) is 5.94. The summed E-state index contributed by atoms with van der Waals surface area (Å²) in [5, 5.41) is 0.738. The summed E-state index contributed by atoms with van der Waals surface area (Å²) in [6.07, 6.45) is 6.89. The van der Waals surface area contributed by atoms with E-state index in [0.717, 1.165) is 24.3 Å². The predicted octanol–water partition coefficient (Wildman–Crippen LogP) is 6.61. The van der Waals surface area contributed by atoms with Crippen molar-refractivity contribution in [1.29, 1.82) is 0 Å². The van der Waals surface area contributed by atoms with Crippen molar-refractivity contribution in [2.75, 3.05) is 13.9 Å². The van der Waals surface area contributed by atoms with E-state index in [-0.39, 0.29) is 6.79 Å². The van der Waals surface area contributed by atoms with Gasteiger partial charge in [-0.2, -0.15) is 0 Å². The maximum Gasteiger partial charge on any atom is 0.344 e. The molecule has 1 aromatic heterocycles. The Morgan fingerprint density at radius 3 is 2.62 bits per heavy atom. The van der Waals surface area contributed by atoms with Crippen LogP contribution < -0.4 is 15.1 Å². The minimum atomic E-state index is -0.580. The summed E-state index contributed by atoms with van der Waals surface area (Å²) in [4.78, 5) is 24.0. The van der Waals surface area contributed by atoms with Gasteiger partial charge in [0.15, 0.2) is 0 Å². The Hall–Kier alpha value is -3.54. The van der Waals surface area contributed by atoms with Crippen molar-refractivity contribution in [1.82, 2.24) is 0 Å². The standard InChI is InChI=1S/C28H32O6/c1-5-8-9-10-19(6-2)20-12-14-23(26(16-20)31-4)24-15-21-11-13-22(17-25(21)34-28(24)30)32-18-33-27(29)7-3/h7,11-17,19H,3,5-6,8-10,18H2,1-2,4H3. The molecule has 6 heteroatoms. The second-order valence-corrected chi connectivity index (χ2v) is 8.14. The van der Waals surface area contributed by atoms with Crippen LogP contribution in [0.3, 0.4) is 0 Å². The van der Waals surface area contributed by atoms with Crippen LogP contribution >= 0.6 is 0 Å². The van der Waals surface area contributed by atoms with Gasteiger partial charge in [-0.25, -0.2) is 9.59 Å². The van der Waals surface area contributed by atoms with E-state index in [0.29, 0.717) is 34.1 Å². The summed E-state index contributed by atoms with van der Waals surface area (Å²) in [5.74, 6) is 0.952. The molecule has 180 valence electrons. The highest BCUT2D eigenvalue weighted by molar-refractivity contribution is 5.84. The molecule has 34 heavy (non-hydrogen) atoms. The average molecular weight is 465 g/mol. The maximum atomic E-state index is 12.9. The summed E-state index contributed by atoms with van der Waals surface area (Å²) >= 11 is 0. The van der Waals surface area contributed by atoms with E-state index < -0.39 is 11.6 Å². The lowest BCUT2D eigenvalue weighted by atomic mass is 9.89. The Kier molecular flexibility index (Phi) is 8.91. The number of carbonyl (C=O) groups excluding carboxylic acids is 1. The molecule has 0 aliphatic carbocycles. The first kappa shape index (κ1) is 25.1. The van der Waals surface area contributed by atoms with Crippen LogP contribution in [0.5, 0.6) is 11.5 Å². The summed E-state index contributed by atoms with van der Waals surface area (Å²) in [6, 6.07) is 13.0. The van der Waals surface area contributed by atoms with E-state index in [4.69, 9.17) is 18.6 Å². The van der Waals surface area contributed by atoms with Crippen LogP contribution in [0, 0.1) is 0 Å². The second kappa shape index (κ2) is 12.1. The lowest BCUT2D eigenvalue weighted by Crippen LogP contribution is -2.08. The minimum absolute atomic E-state index is 0.264. The van der Waals surface area contributed by atoms with Gasteiger partial charge in [0.2, 0.25) is 6.79 Å². The molecule has 3 aromatic rings. The van der Waals surface area contributed by atoms with Crippen molar-refractivity contribution >= 4 is 16.9 Å². The molecular formula is C28H32O6. The Morgan fingerprint density at radius 2 is 1.91 bits per heavy atom. The summed E-state index contributed by atoms with van der Waals surface area (Å²) in [5.41, 5.74) is 2.26. The first-order chi connectivity index (χ1) is 16.5. The molecule has 0 fully saturated rings. The first-order valence-electron chi connectivity index (χ1n) is 11.7. The molecule has 0 N–H and O–H groups in total. The van der Waals surface area contributed by atoms with Crippen LogP contribution in [0.25, 0.3) is 22.1 Å². The van der Waals surface area contributed by atoms with Crippen LogP contribution in [0.2, 0.25) is 0 Å². The van der Waals surface area contributed by atoms with Gasteiger partial charge in [-0.1, -0.05) is 51.8 Å². The average Bonchev–Trinajstić information content (AvgIpc) is 2.85. The van der Waals surface area contributed by atoms with Crippen LogP contribution in [-0.4, -0.2) is 19.9 Å². The zero-order valence-corrected chi connectivity index (χ0v) is 20.1. The van der Waals surface area contributed by atoms with Crippen LogP contribution in [0.1, 0.15) is 57.4 Å². The van der Waals surface area contributed by atoms with Crippen molar-refractivity contribution in [3.05, 3.63) is 71.1 Å². The summed E-state index contributed by atoms with van der Waals surface area (Å²) < 4.78 is 21.5. The molecule has 2 aromatic carbocycles. The highest BCUT2D eigenvalue weighted by Gasteiger charge is 2.17. The molecule has 0 aliphatic rings. The maximum absolute atomic E-state index is 12.9. The zero-order chi connectivity index (χ0) is 24.5. The molecule has 1 heterocycles. The van der Waals surface area contributed by atoms with Crippen molar-refractivity contribution in [3.8, 4) is 22.6 Å². The fourth-order valence-electron chi connectivity index (χ4n) is 4.02. The molecule has 1 atom stereocenters. The fraction of sp³-hybridized carbons (Fsp3) is 0.357. The van der Waals surface area contributed by atoms with Gasteiger partial charge in [0, 0.05) is 23.1 Å². The third kappa shape index (κ3) is 6.07. The number of hydrogen-bond acceptors (Lipinski definition) is 6. The zero-order valence-electron chi connectivity index (χ0n) is 20.1. The number of ether oxygens (including phenoxy) is 3. The number of esters is 1. The van der Waals surface area contributed by atoms with Gasteiger partial charge in [0.05, 0.1) is 12.7 Å². The second-order valence-electron chi connectivity index (χ2n) is 8.14. The summed E-state index contributed by atoms with van der Waals surface area (Å²) in [6.45, 7) is 7.48. The normalized spacial score (nSPS) is 11.7. The van der Waals surface area contributed by atoms with Gasteiger partial charge in [-0.05, 0) is 48.6 Å². The highest BCUT2D eigenvalue weighted by atomic mass is 16.7. The van der Waals surface area contributed by atoms with E-state index in [1.54, 1.807) is 31.4 Å². The molecule has 6 nitrogen and oxygen atoms in total. The Balaban J connectivity index is 1.88. The van der Waals surface area contributed by atoms with E-state index in [1.807, 2.05) is 12.1 Å². The number of unbranched alkanes of at least 4 members (excludes halogenated alkanes) is 2. The van der Waals surface area contributed by atoms with Crippen molar-refractivity contribution in [3.63, 3.8) is 0 Å². The first-order valence-corrected chi connectivity index (χ1v) is 11.7. The topological polar surface area (TPSA) is 75.0 Å². The fourth-order valence-corrected chi connectivity index (χ4v) is 4.02. The molecule has 0 aliphatic heterocycles. The molecule has 0 bridgehead atoms. The predicted molar refractivity (Wildman–Crippen MR) is 133 cm³/mol. The number of fused-ring (bicyclic) bond motifs is 1. The number of carbonyl (C=O) groups is 1. The van der Waals surface area contributed by atoms with Gasteiger partial charge < -0.3 is 18.6 Å². The van der Waals surface area contributed by atoms with E-state index in [9.17, 15) is 9.59 Å². The minimum Gasteiger partial charge on any atom is -0.496 e. The Bertz CT molecular complexity index is 1190. The van der Waals surface area contributed by atoms with E-state index >= 15 is 0 Å². The smallest absolute Gasteiger partial charge is 0.344 e. The quantitative estimate of drug-likeness (QED) is 0.0987. The molecule has 0 saturated carbocycles. The molecule has 0 spiro atoms. The van der Waals surface area contributed by atoms with Crippen molar-refractivity contribution in [2.24, 2.45) is 0 Å². The van der Waals surface area contributed by atoms with Gasteiger partial charge in [-0.3, -0.25) is 0 Å². The van der Waals surface area contributed by atoms with Gasteiger partial charge in [0.25, 0.3) is 0 Å². The molecule has 0 radical (unpaired) electrons. The lowest BCUT2D eigenvalue weighted by Gasteiger charge is -2.18. The lowest BCUT2D eigenvalue weighted by molar-refractivity contribution is -0.144. The van der Waals surface area contributed by atoms with Crippen molar-refractivity contribution < 1.29 is 23.4 Å². The Labute approximate surface area is 200 Å². The Morgan fingerprint density at radius 1 is 1.09 bits per heavy atom. The molecule has 0 saturated heterocycles. The third-order valence-corrected chi connectivity index (χ3v) is 5.94. The molecule has 3 rings (SSSR count). The van der Waals surface area contributed by atoms with Crippen LogP contribution in [0.4, 0.5) is 0 Å². The van der Waals surface area contributed by atoms with Crippen LogP contribution in [-0.2, 0) is 9.53 Å². The van der Waals surface area contributed by atoms with E-state index in [1.165, 1.54) is 24.8 Å². The molecular weight excluding hydrogens is 432 g/mol. The monoisotopic (exact) mass is 464 g/mol. The highest BCUT2D eigenvalue weighted by Crippen LogP contribution is 2.35. The molecule has 1 unspecified atom stereocenters. The number of methoxy groups -OCH3 is 1. The SMILES string of the molecule is C=CC(=O)OCOc1ccc2cc(-c3ccc(C(CC)CCCCC)cc3OC)c(=O)oc2c1. The largest absolute Gasteiger partial charge is 0.496 e. The number of hydrogen-bond donors (Lipinski definition) is 0. The number of rotatable bonds is 12. The van der Waals surface area contributed by atoms with E-state index in [2.05, 4.69) is 26.5 Å². The van der Waals surface area contributed by atoms with Gasteiger partial charge >= 0.3 is 11.6 Å². The van der Waals surface area contributed by atoms with Gasteiger partial charge in [0.1, 0.15) is 17.1 Å².